The highest BCUT2D eigenvalue weighted by atomic mass is 35.5. The van der Waals surface area contributed by atoms with Gasteiger partial charge in [0.25, 0.3) is 0 Å². The molecule has 0 bridgehead atoms. The van der Waals surface area contributed by atoms with Gasteiger partial charge >= 0.3 is 0 Å². The molecule has 0 aliphatic heterocycles. The Morgan fingerprint density at radius 2 is 1.82 bits per heavy atom. The van der Waals surface area contributed by atoms with Crippen LogP contribution in [0.15, 0.2) is 23.3 Å². The predicted molar refractivity (Wildman–Crippen MR) is 75.5 cm³/mol. The van der Waals surface area contributed by atoms with Crippen molar-refractivity contribution in [1.82, 2.24) is 0 Å². The molecule has 0 spiro atoms. The minimum atomic E-state index is -0.841. The zero-order valence-corrected chi connectivity index (χ0v) is 12.7. The van der Waals surface area contributed by atoms with Gasteiger partial charge < -0.3 is 5.11 Å². The van der Waals surface area contributed by atoms with E-state index in [1.54, 1.807) is 6.08 Å². The molecule has 0 aromatic carbocycles. The molecule has 2 unspecified atom stereocenters. The lowest BCUT2D eigenvalue weighted by Gasteiger charge is -2.47. The van der Waals surface area contributed by atoms with E-state index in [2.05, 4.69) is 34.6 Å². The molecule has 0 saturated carbocycles. The summed E-state index contributed by atoms with van der Waals surface area (Å²) in [5.41, 5.74) is -0.107. The van der Waals surface area contributed by atoms with Gasteiger partial charge in [-0.1, -0.05) is 58.4 Å². The van der Waals surface area contributed by atoms with E-state index < -0.39 is 11.0 Å². The molecule has 1 aliphatic rings. The van der Waals surface area contributed by atoms with Gasteiger partial charge in [0.15, 0.2) is 0 Å². The van der Waals surface area contributed by atoms with Gasteiger partial charge in [0.05, 0.1) is 4.87 Å². The van der Waals surface area contributed by atoms with Crippen LogP contribution < -0.4 is 0 Å². The van der Waals surface area contributed by atoms with Crippen molar-refractivity contribution in [2.75, 3.05) is 0 Å². The van der Waals surface area contributed by atoms with E-state index in [4.69, 9.17) is 23.2 Å². The van der Waals surface area contributed by atoms with Crippen molar-refractivity contribution >= 4 is 23.2 Å². The molecular weight excluding hydrogens is 255 g/mol. The van der Waals surface area contributed by atoms with Gasteiger partial charge in [0.1, 0.15) is 6.10 Å². The largest absolute Gasteiger partial charge is 0.385 e. The van der Waals surface area contributed by atoms with Crippen molar-refractivity contribution < 1.29 is 5.11 Å². The lowest BCUT2D eigenvalue weighted by Crippen LogP contribution is -2.50. The van der Waals surface area contributed by atoms with Gasteiger partial charge in [-0.25, -0.2) is 0 Å². The molecule has 3 heteroatoms. The van der Waals surface area contributed by atoms with Gasteiger partial charge in [-0.3, -0.25) is 0 Å². The third kappa shape index (κ3) is 3.07. The number of halogens is 2. The smallest absolute Gasteiger partial charge is 0.113 e. The van der Waals surface area contributed by atoms with Crippen molar-refractivity contribution in [3.05, 3.63) is 23.3 Å². The van der Waals surface area contributed by atoms with Crippen LogP contribution in [0.5, 0.6) is 0 Å². The summed E-state index contributed by atoms with van der Waals surface area (Å²) in [5, 5.41) is 10.7. The number of allylic oxidation sites excluding steroid dienone is 2. The fraction of sp³-hybridized carbons (Fsp3) is 0.714. The zero-order valence-electron chi connectivity index (χ0n) is 11.2. The molecule has 0 aromatic rings. The number of hydrogen-bond donors (Lipinski definition) is 1. The molecular formula is C14H22Cl2O. The average molecular weight is 277 g/mol. The van der Waals surface area contributed by atoms with Gasteiger partial charge in [-0.15, -0.1) is 11.6 Å². The summed E-state index contributed by atoms with van der Waals surface area (Å²) in [5.74, 6) is 0. The summed E-state index contributed by atoms with van der Waals surface area (Å²) >= 11 is 12.7. The molecule has 2 atom stereocenters. The Bertz CT molecular complexity index is 350. The van der Waals surface area contributed by atoms with Crippen molar-refractivity contribution in [3.63, 3.8) is 0 Å². The highest BCUT2D eigenvalue weighted by Crippen LogP contribution is 2.50. The molecule has 17 heavy (non-hydrogen) atoms. The van der Waals surface area contributed by atoms with E-state index in [-0.39, 0.29) is 10.8 Å². The molecule has 1 N–H and O–H groups in total. The van der Waals surface area contributed by atoms with E-state index in [1.807, 2.05) is 12.2 Å². The highest BCUT2D eigenvalue weighted by Gasteiger charge is 2.50. The third-order valence-electron chi connectivity index (χ3n) is 3.26. The van der Waals surface area contributed by atoms with Crippen LogP contribution in [-0.4, -0.2) is 16.1 Å². The summed E-state index contributed by atoms with van der Waals surface area (Å²) in [7, 11) is 0. The lowest BCUT2D eigenvalue weighted by atomic mass is 9.65. The predicted octanol–water partition coefficient (Wildman–Crippen LogP) is 4.48. The average Bonchev–Trinajstić information content (AvgIpc) is 2.10. The summed E-state index contributed by atoms with van der Waals surface area (Å²) in [6, 6.07) is 0. The normalized spacial score (nSPS) is 30.4. The number of rotatable bonds is 2. The standard InChI is InChI=1S/C14H22Cl2O/c1-12(2,3)9-13(4,5)14(16)8-6-7-10(15)11(14)17/h6-8,11,17H,9H2,1-5H3. The van der Waals surface area contributed by atoms with Crippen LogP contribution in [0.25, 0.3) is 0 Å². The summed E-state index contributed by atoms with van der Waals surface area (Å²) in [6.07, 6.45) is 5.44. The fourth-order valence-corrected chi connectivity index (χ4v) is 3.28. The number of aliphatic hydroxyl groups is 1. The van der Waals surface area contributed by atoms with Gasteiger partial charge in [-0.2, -0.15) is 0 Å². The number of alkyl halides is 1. The Morgan fingerprint density at radius 1 is 1.29 bits per heavy atom. The molecule has 0 radical (unpaired) electrons. The Balaban J connectivity index is 3.05. The van der Waals surface area contributed by atoms with E-state index in [0.29, 0.717) is 5.03 Å². The molecule has 1 nitrogen and oxygen atoms in total. The minimum Gasteiger partial charge on any atom is -0.385 e. The van der Waals surface area contributed by atoms with Gasteiger partial charge in [0, 0.05) is 5.03 Å². The van der Waals surface area contributed by atoms with E-state index in [9.17, 15) is 5.11 Å². The van der Waals surface area contributed by atoms with Crippen molar-refractivity contribution in [2.45, 2.75) is 52.0 Å². The zero-order chi connectivity index (χ0) is 13.5. The molecule has 1 rings (SSSR count). The molecule has 98 valence electrons. The third-order valence-corrected chi connectivity index (χ3v) is 4.44. The molecule has 0 heterocycles. The first kappa shape index (κ1) is 15.1. The molecule has 0 amide bonds. The Kier molecular flexibility index (Phi) is 4.08. The van der Waals surface area contributed by atoms with Gasteiger partial charge in [0.2, 0.25) is 0 Å². The van der Waals surface area contributed by atoms with Crippen LogP contribution >= 0.6 is 23.2 Å². The summed E-state index contributed by atoms with van der Waals surface area (Å²) in [6.45, 7) is 10.7. The molecule has 0 saturated heterocycles. The summed E-state index contributed by atoms with van der Waals surface area (Å²) < 4.78 is 0. The monoisotopic (exact) mass is 276 g/mol. The van der Waals surface area contributed by atoms with Crippen LogP contribution in [0.1, 0.15) is 41.0 Å². The maximum atomic E-state index is 10.2. The van der Waals surface area contributed by atoms with Crippen LogP contribution in [-0.2, 0) is 0 Å². The second-order valence-electron chi connectivity index (χ2n) is 6.70. The lowest BCUT2D eigenvalue weighted by molar-refractivity contribution is 0.0816. The molecule has 0 fully saturated rings. The topological polar surface area (TPSA) is 20.2 Å². The van der Waals surface area contributed by atoms with E-state index in [1.165, 1.54) is 0 Å². The van der Waals surface area contributed by atoms with Crippen LogP contribution in [0.4, 0.5) is 0 Å². The second kappa shape index (κ2) is 4.60. The Hall–Kier alpha value is 0.0200. The van der Waals surface area contributed by atoms with Crippen molar-refractivity contribution in [2.24, 2.45) is 10.8 Å². The second-order valence-corrected chi connectivity index (χ2v) is 7.76. The van der Waals surface area contributed by atoms with Crippen LogP contribution in [0, 0.1) is 10.8 Å². The van der Waals surface area contributed by atoms with Crippen molar-refractivity contribution in [1.29, 1.82) is 0 Å². The quantitative estimate of drug-likeness (QED) is 0.738. The van der Waals surface area contributed by atoms with E-state index in [0.717, 1.165) is 6.42 Å². The van der Waals surface area contributed by atoms with Gasteiger partial charge in [-0.05, 0) is 23.3 Å². The van der Waals surface area contributed by atoms with Crippen LogP contribution in [0.2, 0.25) is 0 Å². The highest BCUT2D eigenvalue weighted by molar-refractivity contribution is 6.33. The minimum absolute atomic E-state index is 0.145. The SMILES string of the molecule is CC(C)(C)CC(C)(C)C1(Cl)C=CC=C(Cl)C1O. The molecule has 0 aromatic heterocycles. The Labute approximate surface area is 114 Å². The van der Waals surface area contributed by atoms with Crippen molar-refractivity contribution in [3.8, 4) is 0 Å². The number of aliphatic hydroxyl groups excluding tert-OH is 1. The maximum absolute atomic E-state index is 10.2. The maximum Gasteiger partial charge on any atom is 0.113 e. The summed E-state index contributed by atoms with van der Waals surface area (Å²) in [4.78, 5) is -0.841. The van der Waals surface area contributed by atoms with E-state index >= 15 is 0 Å². The van der Waals surface area contributed by atoms with Crippen LogP contribution in [0.3, 0.4) is 0 Å². The first-order chi connectivity index (χ1) is 7.50. The Morgan fingerprint density at radius 3 is 2.29 bits per heavy atom. The first-order valence-corrected chi connectivity index (χ1v) is 6.67. The first-order valence-electron chi connectivity index (χ1n) is 5.91. The fourth-order valence-electron chi connectivity index (χ4n) is 2.72. The molecule has 1 aliphatic carbocycles. The number of hydrogen-bond acceptors (Lipinski definition) is 1.